The van der Waals surface area contributed by atoms with E-state index < -0.39 is 17.3 Å². The number of carbonyl (C=O) groups excluding carboxylic acids is 2. The van der Waals surface area contributed by atoms with Crippen molar-refractivity contribution in [2.24, 2.45) is 5.92 Å². The highest BCUT2D eigenvalue weighted by molar-refractivity contribution is 7.21. The Bertz CT molecular complexity index is 1530. The van der Waals surface area contributed by atoms with Crippen molar-refractivity contribution < 1.29 is 23.8 Å². The minimum atomic E-state index is -0.578. The van der Waals surface area contributed by atoms with Crippen LogP contribution in [0.15, 0.2) is 30.3 Å². The van der Waals surface area contributed by atoms with E-state index in [-0.39, 0.29) is 23.9 Å². The molecule has 3 aliphatic rings. The van der Waals surface area contributed by atoms with Crippen molar-refractivity contribution in [2.75, 3.05) is 36.9 Å². The molecule has 10 nitrogen and oxygen atoms in total. The molecule has 4 N–H and O–H groups in total. The number of rotatable bonds is 4. The van der Waals surface area contributed by atoms with Crippen LogP contribution in [0.5, 0.6) is 5.75 Å². The second-order valence-corrected chi connectivity index (χ2v) is 13.7. The molecule has 224 valence electrons. The van der Waals surface area contributed by atoms with Crippen molar-refractivity contribution in [2.45, 2.75) is 70.7 Å². The summed E-state index contributed by atoms with van der Waals surface area (Å²) in [6.45, 7) is 12.0. The standard InChI is InChI=1S/C31H39N5O5S/c1-17-10-11-40-31(17)16-36(14-24(31)35-29(38)41-30(3,4)5)21-8-7-19-12-20(15-39-23(19)13-21)34-27(37)26-25(32)22-9-6-18(2)33-28(22)42-26/h6-9,13,17,20,24H,10-12,14-16,32H2,1-5H3,(H,34,37)(H,35,38)/t17?,20-,24?,31?/m1/s1. The molecule has 3 aromatic rings. The molecule has 2 amide bonds. The van der Waals surface area contributed by atoms with Crippen LogP contribution in [-0.4, -0.2) is 66.6 Å². The van der Waals surface area contributed by atoms with Crippen molar-refractivity contribution in [1.82, 2.24) is 15.6 Å². The molecule has 1 spiro atoms. The third-order valence-electron chi connectivity index (χ3n) is 8.47. The summed E-state index contributed by atoms with van der Waals surface area (Å²) in [5, 5.41) is 7.01. The average molecular weight is 594 g/mol. The lowest BCUT2D eigenvalue weighted by Gasteiger charge is -2.34. The molecule has 2 saturated heterocycles. The van der Waals surface area contributed by atoms with E-state index in [1.165, 1.54) is 11.3 Å². The van der Waals surface area contributed by atoms with Crippen molar-refractivity contribution >= 4 is 44.9 Å². The lowest BCUT2D eigenvalue weighted by atomic mass is 9.85. The van der Waals surface area contributed by atoms with Crippen LogP contribution in [0.2, 0.25) is 0 Å². The minimum Gasteiger partial charge on any atom is -0.491 e. The number of benzene rings is 1. The minimum absolute atomic E-state index is 0.180. The first kappa shape index (κ1) is 28.5. The highest BCUT2D eigenvalue weighted by Gasteiger charge is 2.55. The van der Waals surface area contributed by atoms with E-state index in [0.717, 1.165) is 39.3 Å². The van der Waals surface area contributed by atoms with Gasteiger partial charge in [-0.2, -0.15) is 0 Å². The number of pyridine rings is 1. The monoisotopic (exact) mass is 593 g/mol. The Morgan fingerprint density at radius 3 is 2.76 bits per heavy atom. The number of nitrogen functional groups attached to an aromatic ring is 1. The van der Waals surface area contributed by atoms with Gasteiger partial charge in [0.2, 0.25) is 0 Å². The summed E-state index contributed by atoms with van der Waals surface area (Å²) in [5.41, 5.74) is 8.62. The van der Waals surface area contributed by atoms with Crippen LogP contribution in [0.3, 0.4) is 0 Å². The number of carbonyl (C=O) groups is 2. The summed E-state index contributed by atoms with van der Waals surface area (Å²) in [6, 6.07) is 9.61. The molecular formula is C31H39N5O5S. The molecule has 5 heterocycles. The van der Waals surface area contributed by atoms with Crippen LogP contribution >= 0.6 is 11.3 Å². The molecule has 6 rings (SSSR count). The van der Waals surface area contributed by atoms with Gasteiger partial charge >= 0.3 is 6.09 Å². The molecule has 0 saturated carbocycles. The van der Waals surface area contributed by atoms with Crippen molar-refractivity contribution in [3.05, 3.63) is 46.5 Å². The van der Waals surface area contributed by atoms with E-state index in [2.05, 4.69) is 45.6 Å². The quantitative estimate of drug-likeness (QED) is 0.406. The highest BCUT2D eigenvalue weighted by atomic mass is 32.1. The number of nitrogens with one attached hydrogen (secondary N) is 2. The molecule has 0 radical (unpaired) electrons. The smallest absolute Gasteiger partial charge is 0.408 e. The second-order valence-electron chi connectivity index (χ2n) is 12.7. The number of hydrogen-bond donors (Lipinski definition) is 3. The van der Waals surface area contributed by atoms with Gasteiger partial charge in [0.1, 0.15) is 33.3 Å². The van der Waals surface area contributed by atoms with Gasteiger partial charge in [0.25, 0.3) is 5.91 Å². The van der Waals surface area contributed by atoms with Gasteiger partial charge in [0.05, 0.1) is 17.8 Å². The number of hydrogen-bond acceptors (Lipinski definition) is 9. The van der Waals surface area contributed by atoms with Crippen molar-refractivity contribution in [3.8, 4) is 5.75 Å². The van der Waals surface area contributed by atoms with Gasteiger partial charge in [-0.3, -0.25) is 4.79 Å². The zero-order chi connectivity index (χ0) is 29.8. The number of amides is 2. The Morgan fingerprint density at radius 2 is 2.02 bits per heavy atom. The largest absolute Gasteiger partial charge is 0.491 e. The van der Waals surface area contributed by atoms with E-state index in [1.54, 1.807) is 0 Å². The lowest BCUT2D eigenvalue weighted by Crippen LogP contribution is -2.55. The number of thiophene rings is 1. The Kier molecular flexibility index (Phi) is 7.21. The number of aromatic nitrogens is 1. The topological polar surface area (TPSA) is 128 Å². The third-order valence-corrected chi connectivity index (χ3v) is 9.59. The van der Waals surface area contributed by atoms with E-state index in [1.807, 2.05) is 39.8 Å². The molecule has 42 heavy (non-hydrogen) atoms. The van der Waals surface area contributed by atoms with Gasteiger partial charge in [0.15, 0.2) is 0 Å². The summed E-state index contributed by atoms with van der Waals surface area (Å²) < 4.78 is 18.1. The SMILES string of the molecule is Cc1ccc2c(N)c(C(=O)N[C@H]3COc4cc(N5CC(NC(=O)OC(C)(C)C)C6(C5)OCCC6C)ccc4C3)sc2n1. The number of fused-ring (bicyclic) bond motifs is 2. The van der Waals surface area contributed by atoms with E-state index in [0.29, 0.717) is 43.3 Å². The predicted molar refractivity (Wildman–Crippen MR) is 163 cm³/mol. The summed E-state index contributed by atoms with van der Waals surface area (Å²) in [7, 11) is 0. The summed E-state index contributed by atoms with van der Waals surface area (Å²) in [6.07, 6.45) is 1.17. The first-order valence-electron chi connectivity index (χ1n) is 14.5. The van der Waals surface area contributed by atoms with Gasteiger partial charge in [-0.25, -0.2) is 9.78 Å². The van der Waals surface area contributed by atoms with Gasteiger partial charge in [0, 0.05) is 42.5 Å². The molecule has 11 heteroatoms. The Hall–Kier alpha value is -3.57. The van der Waals surface area contributed by atoms with Crippen molar-refractivity contribution in [3.63, 3.8) is 0 Å². The Balaban J connectivity index is 1.14. The second kappa shape index (κ2) is 10.6. The molecule has 0 bridgehead atoms. The van der Waals surface area contributed by atoms with Crippen LogP contribution in [-0.2, 0) is 15.9 Å². The fourth-order valence-corrected chi connectivity index (χ4v) is 7.32. The molecule has 4 atom stereocenters. The molecule has 3 aliphatic heterocycles. The zero-order valence-electron chi connectivity index (χ0n) is 24.8. The zero-order valence-corrected chi connectivity index (χ0v) is 25.6. The Labute approximate surface area is 249 Å². The summed E-state index contributed by atoms with van der Waals surface area (Å²) >= 11 is 1.31. The summed E-state index contributed by atoms with van der Waals surface area (Å²) in [5.74, 6) is 0.880. The predicted octanol–water partition coefficient (Wildman–Crippen LogP) is 4.43. The lowest BCUT2D eigenvalue weighted by molar-refractivity contribution is -0.0238. The van der Waals surface area contributed by atoms with Crippen LogP contribution in [0, 0.1) is 12.8 Å². The molecule has 0 aliphatic carbocycles. The highest BCUT2D eigenvalue weighted by Crippen LogP contribution is 2.42. The summed E-state index contributed by atoms with van der Waals surface area (Å²) in [4.78, 5) is 33.8. The molecule has 1 aromatic carbocycles. The normalized spacial score (nSPS) is 25.4. The average Bonchev–Trinajstić information content (AvgIpc) is 3.58. The van der Waals surface area contributed by atoms with Gasteiger partial charge in [-0.15, -0.1) is 11.3 Å². The third kappa shape index (κ3) is 5.35. The number of ether oxygens (including phenoxy) is 3. The van der Waals surface area contributed by atoms with Gasteiger partial charge < -0.3 is 35.5 Å². The van der Waals surface area contributed by atoms with Crippen LogP contribution in [0.4, 0.5) is 16.2 Å². The first-order chi connectivity index (χ1) is 19.9. The van der Waals surface area contributed by atoms with Crippen molar-refractivity contribution in [1.29, 1.82) is 0 Å². The maximum Gasteiger partial charge on any atom is 0.408 e. The number of nitrogens with zero attached hydrogens (tertiary/aromatic N) is 2. The first-order valence-corrected chi connectivity index (χ1v) is 15.3. The number of aryl methyl sites for hydroxylation is 1. The molecule has 3 unspecified atom stereocenters. The van der Waals surface area contributed by atoms with Crippen LogP contribution < -0.4 is 26.0 Å². The van der Waals surface area contributed by atoms with E-state index >= 15 is 0 Å². The maximum absolute atomic E-state index is 13.1. The molecule has 2 fully saturated rings. The molecular weight excluding hydrogens is 554 g/mol. The number of alkyl carbamates (subject to hydrolysis) is 1. The fourth-order valence-electron chi connectivity index (χ4n) is 6.28. The van der Waals surface area contributed by atoms with E-state index in [9.17, 15) is 9.59 Å². The molecule has 2 aromatic heterocycles. The Morgan fingerprint density at radius 1 is 1.21 bits per heavy atom. The van der Waals surface area contributed by atoms with Gasteiger partial charge in [-0.1, -0.05) is 13.0 Å². The van der Waals surface area contributed by atoms with Crippen LogP contribution in [0.25, 0.3) is 10.2 Å². The van der Waals surface area contributed by atoms with Crippen LogP contribution in [0.1, 0.15) is 55.0 Å². The van der Waals surface area contributed by atoms with E-state index in [4.69, 9.17) is 19.9 Å². The maximum atomic E-state index is 13.1. The number of anilines is 2. The number of nitrogens with two attached hydrogens (primary N) is 1. The fraction of sp³-hybridized carbons (Fsp3) is 0.516. The van der Waals surface area contributed by atoms with Gasteiger partial charge in [-0.05, 0) is 70.2 Å².